The molecule has 0 unspecified atom stereocenters. The van der Waals surface area contributed by atoms with Crippen molar-refractivity contribution in [1.82, 2.24) is 0 Å². The Labute approximate surface area is 126 Å². The zero-order chi connectivity index (χ0) is 14.5. The summed E-state index contributed by atoms with van der Waals surface area (Å²) in [6.45, 7) is 0.409. The Bertz CT molecular complexity index is 612. The van der Waals surface area contributed by atoms with Gasteiger partial charge in [0.1, 0.15) is 23.9 Å². The highest BCUT2D eigenvalue weighted by molar-refractivity contribution is 9.10. The third-order valence-electron chi connectivity index (χ3n) is 2.77. The molecule has 0 saturated heterocycles. The van der Waals surface area contributed by atoms with Crippen LogP contribution in [0.3, 0.4) is 0 Å². The van der Waals surface area contributed by atoms with Crippen molar-refractivity contribution < 1.29 is 9.47 Å². The first-order valence-corrected chi connectivity index (χ1v) is 6.79. The molecule has 0 aliphatic heterocycles. The van der Waals surface area contributed by atoms with Crippen LogP contribution in [0.2, 0.25) is 0 Å². The van der Waals surface area contributed by atoms with Gasteiger partial charge in [0, 0.05) is 4.47 Å². The van der Waals surface area contributed by atoms with Gasteiger partial charge < -0.3 is 15.2 Å². The van der Waals surface area contributed by atoms with Crippen molar-refractivity contribution >= 4 is 21.8 Å². The third-order valence-corrected chi connectivity index (χ3v) is 3.30. The molecule has 0 aromatic heterocycles. The predicted molar refractivity (Wildman–Crippen MR) is 82.5 cm³/mol. The summed E-state index contributed by atoms with van der Waals surface area (Å²) in [5.74, 6) is 1.35. The van der Waals surface area contributed by atoms with Gasteiger partial charge in [0.15, 0.2) is 0 Å². The molecule has 0 fully saturated rings. The van der Waals surface area contributed by atoms with Crippen LogP contribution in [0.1, 0.15) is 11.1 Å². The maximum atomic E-state index is 7.55. The van der Waals surface area contributed by atoms with Gasteiger partial charge in [0.25, 0.3) is 0 Å². The number of nitrogens with one attached hydrogen (secondary N) is 1. The zero-order valence-electron chi connectivity index (χ0n) is 11.0. The van der Waals surface area contributed by atoms with Crippen LogP contribution >= 0.6 is 15.9 Å². The van der Waals surface area contributed by atoms with Crippen molar-refractivity contribution in [2.75, 3.05) is 7.11 Å². The summed E-state index contributed by atoms with van der Waals surface area (Å²) in [6, 6.07) is 13.1. The molecule has 2 aromatic rings. The molecule has 104 valence electrons. The lowest BCUT2D eigenvalue weighted by Crippen LogP contribution is -2.13. The van der Waals surface area contributed by atoms with Gasteiger partial charge in [0.05, 0.1) is 12.7 Å². The van der Waals surface area contributed by atoms with Gasteiger partial charge in [-0.05, 0) is 42.0 Å². The lowest BCUT2D eigenvalue weighted by atomic mass is 10.1. The topological polar surface area (TPSA) is 68.3 Å². The van der Waals surface area contributed by atoms with E-state index in [2.05, 4.69) is 15.9 Å². The molecule has 0 aliphatic carbocycles. The number of halogens is 1. The van der Waals surface area contributed by atoms with E-state index in [1.807, 2.05) is 30.3 Å². The summed E-state index contributed by atoms with van der Waals surface area (Å²) in [6.07, 6.45) is 0. The molecule has 3 N–H and O–H groups in total. The van der Waals surface area contributed by atoms with Crippen LogP contribution < -0.4 is 15.2 Å². The van der Waals surface area contributed by atoms with E-state index in [1.165, 1.54) is 0 Å². The molecule has 5 heteroatoms. The predicted octanol–water partition coefficient (Wildman–Crippen LogP) is 3.32. The van der Waals surface area contributed by atoms with Gasteiger partial charge in [-0.3, -0.25) is 5.41 Å². The number of benzene rings is 2. The van der Waals surface area contributed by atoms with Gasteiger partial charge in [0.2, 0.25) is 0 Å². The average Bonchev–Trinajstić information content (AvgIpc) is 2.46. The Hall–Kier alpha value is -2.01. The van der Waals surface area contributed by atoms with Gasteiger partial charge >= 0.3 is 0 Å². The average molecular weight is 335 g/mol. The van der Waals surface area contributed by atoms with Crippen molar-refractivity contribution in [2.24, 2.45) is 5.73 Å². The Morgan fingerprint density at radius 1 is 1.20 bits per heavy atom. The summed E-state index contributed by atoms with van der Waals surface area (Å²) in [5.41, 5.74) is 7.04. The molecule has 2 aromatic carbocycles. The minimum Gasteiger partial charge on any atom is -0.496 e. The molecule has 0 amide bonds. The Morgan fingerprint density at radius 2 is 1.90 bits per heavy atom. The number of rotatable bonds is 5. The number of ether oxygens (including phenoxy) is 2. The first-order chi connectivity index (χ1) is 9.60. The first kappa shape index (κ1) is 14.4. The standard InChI is InChI=1S/C15H15BrN2O2/c1-19-14-7-2-10(8-13(14)15(17)18)9-20-12-5-3-11(16)4-6-12/h2-8H,9H2,1H3,(H3,17,18). The largest absolute Gasteiger partial charge is 0.496 e. The second-order valence-corrected chi connectivity index (χ2v) is 5.11. The summed E-state index contributed by atoms with van der Waals surface area (Å²) < 4.78 is 11.9. The maximum absolute atomic E-state index is 7.55. The van der Waals surface area contributed by atoms with Crippen molar-refractivity contribution in [3.05, 3.63) is 58.1 Å². The summed E-state index contributed by atoms with van der Waals surface area (Å²) in [5, 5.41) is 7.55. The minimum atomic E-state index is -0.0210. The maximum Gasteiger partial charge on any atom is 0.129 e. The van der Waals surface area contributed by atoms with Crippen molar-refractivity contribution in [3.63, 3.8) is 0 Å². The normalized spacial score (nSPS) is 10.1. The van der Waals surface area contributed by atoms with Crippen LogP contribution in [0.4, 0.5) is 0 Å². The van der Waals surface area contributed by atoms with E-state index >= 15 is 0 Å². The van der Waals surface area contributed by atoms with E-state index in [9.17, 15) is 0 Å². The van der Waals surface area contributed by atoms with Gasteiger partial charge in [-0.15, -0.1) is 0 Å². The Balaban J connectivity index is 2.11. The van der Waals surface area contributed by atoms with Crippen LogP contribution in [0.25, 0.3) is 0 Å². The smallest absolute Gasteiger partial charge is 0.129 e. The molecular formula is C15H15BrN2O2. The number of nitrogen functional groups attached to an aromatic ring is 1. The van der Waals surface area contributed by atoms with E-state index in [-0.39, 0.29) is 5.84 Å². The molecule has 0 radical (unpaired) electrons. The number of amidine groups is 1. The number of hydrogen-bond donors (Lipinski definition) is 2. The van der Waals surface area contributed by atoms with Gasteiger partial charge in [-0.2, -0.15) is 0 Å². The third kappa shape index (κ3) is 3.51. The Kier molecular flexibility index (Phi) is 4.63. The van der Waals surface area contributed by atoms with Crippen LogP contribution in [0.15, 0.2) is 46.9 Å². The van der Waals surface area contributed by atoms with E-state index in [4.69, 9.17) is 20.6 Å². The van der Waals surface area contributed by atoms with E-state index in [0.29, 0.717) is 17.9 Å². The molecule has 0 aliphatic rings. The summed E-state index contributed by atoms with van der Waals surface area (Å²) >= 11 is 3.38. The second kappa shape index (κ2) is 6.43. The van der Waals surface area contributed by atoms with E-state index in [0.717, 1.165) is 15.8 Å². The quantitative estimate of drug-likeness (QED) is 0.651. The molecule has 0 heterocycles. The molecule has 0 spiro atoms. The first-order valence-electron chi connectivity index (χ1n) is 6.00. The van der Waals surface area contributed by atoms with Crippen molar-refractivity contribution in [2.45, 2.75) is 6.61 Å². The summed E-state index contributed by atoms with van der Waals surface area (Å²) in [7, 11) is 1.56. The highest BCUT2D eigenvalue weighted by atomic mass is 79.9. The molecule has 2 rings (SSSR count). The highest BCUT2D eigenvalue weighted by Gasteiger charge is 2.07. The van der Waals surface area contributed by atoms with Crippen molar-refractivity contribution in [1.29, 1.82) is 5.41 Å². The van der Waals surface area contributed by atoms with Gasteiger partial charge in [-0.1, -0.05) is 22.0 Å². The number of nitrogens with two attached hydrogens (primary N) is 1. The lowest BCUT2D eigenvalue weighted by Gasteiger charge is -2.11. The highest BCUT2D eigenvalue weighted by Crippen LogP contribution is 2.21. The van der Waals surface area contributed by atoms with Gasteiger partial charge in [-0.25, -0.2) is 0 Å². The monoisotopic (exact) mass is 334 g/mol. The fourth-order valence-corrected chi connectivity index (χ4v) is 2.02. The molecule has 0 atom stereocenters. The van der Waals surface area contributed by atoms with Crippen molar-refractivity contribution in [3.8, 4) is 11.5 Å². The number of methoxy groups -OCH3 is 1. The van der Waals surface area contributed by atoms with Crippen LogP contribution in [-0.2, 0) is 6.61 Å². The molecule has 20 heavy (non-hydrogen) atoms. The van der Waals surface area contributed by atoms with Crippen LogP contribution in [0, 0.1) is 5.41 Å². The molecule has 0 saturated carbocycles. The fourth-order valence-electron chi connectivity index (χ4n) is 1.75. The van der Waals surface area contributed by atoms with E-state index in [1.54, 1.807) is 19.2 Å². The molecule has 0 bridgehead atoms. The Morgan fingerprint density at radius 3 is 2.50 bits per heavy atom. The molecule has 4 nitrogen and oxygen atoms in total. The second-order valence-electron chi connectivity index (χ2n) is 4.19. The SMILES string of the molecule is COc1ccc(COc2ccc(Br)cc2)cc1C(=N)N. The lowest BCUT2D eigenvalue weighted by molar-refractivity contribution is 0.306. The van der Waals surface area contributed by atoms with Crippen LogP contribution in [0.5, 0.6) is 11.5 Å². The van der Waals surface area contributed by atoms with Crippen LogP contribution in [-0.4, -0.2) is 12.9 Å². The fraction of sp³-hybridized carbons (Fsp3) is 0.133. The number of hydrogen-bond acceptors (Lipinski definition) is 3. The minimum absolute atomic E-state index is 0.0210. The zero-order valence-corrected chi connectivity index (χ0v) is 12.6. The van der Waals surface area contributed by atoms with E-state index < -0.39 is 0 Å². The molecular weight excluding hydrogens is 320 g/mol. The summed E-state index contributed by atoms with van der Waals surface area (Å²) in [4.78, 5) is 0.